The average molecular weight is 369 g/mol. The molecule has 6 nitrogen and oxygen atoms in total. The van der Waals surface area contributed by atoms with Crippen LogP contribution in [-0.4, -0.2) is 23.2 Å². The number of aromatic nitrogens is 2. The van der Waals surface area contributed by atoms with Gasteiger partial charge in [-0.3, -0.25) is 4.79 Å². The van der Waals surface area contributed by atoms with Gasteiger partial charge in [-0.15, -0.1) is 10.2 Å². The molecule has 3 aromatic rings. The Morgan fingerprint density at radius 1 is 1.00 bits per heavy atom. The number of nitrogens with zero attached hydrogens (tertiary/aromatic N) is 2. The Hall–Kier alpha value is -3.12. The van der Waals surface area contributed by atoms with Gasteiger partial charge >= 0.3 is 0 Å². The molecule has 2 N–H and O–H groups in total. The number of amides is 1. The van der Waals surface area contributed by atoms with Gasteiger partial charge in [0.1, 0.15) is 5.75 Å². The molecule has 132 valence electrons. The van der Waals surface area contributed by atoms with E-state index in [1.54, 1.807) is 31.4 Å². The number of methoxy groups -OCH3 is 1. The maximum atomic E-state index is 12.3. The maximum absolute atomic E-state index is 12.3. The third kappa shape index (κ3) is 3.92. The first-order chi connectivity index (χ1) is 12.6. The molecule has 0 atom stereocenters. The van der Waals surface area contributed by atoms with Crippen LogP contribution in [0.1, 0.15) is 16.1 Å². The first-order valence-corrected chi connectivity index (χ1v) is 8.26. The Kier molecular flexibility index (Phi) is 5.34. The zero-order valence-electron chi connectivity index (χ0n) is 14.3. The molecule has 0 saturated heterocycles. The molecule has 0 radical (unpaired) electrons. The number of para-hydroxylation sites is 2. The van der Waals surface area contributed by atoms with Crippen molar-refractivity contribution in [3.8, 4) is 5.75 Å². The summed E-state index contributed by atoms with van der Waals surface area (Å²) in [4.78, 5) is 12.3. The lowest BCUT2D eigenvalue weighted by molar-refractivity contribution is 0.102. The second-order valence-corrected chi connectivity index (χ2v) is 5.90. The molecule has 0 aliphatic rings. The Labute approximate surface area is 156 Å². The molecule has 1 amide bonds. The molecule has 0 saturated carbocycles. The van der Waals surface area contributed by atoms with E-state index >= 15 is 0 Å². The second kappa shape index (κ2) is 7.84. The van der Waals surface area contributed by atoms with Crippen LogP contribution in [0.15, 0.2) is 54.6 Å². The molecule has 2 aromatic carbocycles. The van der Waals surface area contributed by atoms with Crippen LogP contribution in [0, 0.1) is 6.92 Å². The normalized spacial score (nSPS) is 10.3. The largest absolute Gasteiger partial charge is 0.495 e. The predicted molar refractivity (Wildman–Crippen MR) is 102 cm³/mol. The van der Waals surface area contributed by atoms with Gasteiger partial charge in [0.25, 0.3) is 5.91 Å². The van der Waals surface area contributed by atoms with E-state index < -0.39 is 0 Å². The third-order valence-corrected chi connectivity index (χ3v) is 4.19. The molecule has 1 aromatic heterocycles. The fourth-order valence-corrected chi connectivity index (χ4v) is 2.51. The fourth-order valence-electron chi connectivity index (χ4n) is 2.34. The Morgan fingerprint density at radius 2 is 1.77 bits per heavy atom. The first-order valence-electron chi connectivity index (χ1n) is 7.88. The van der Waals surface area contributed by atoms with Crippen molar-refractivity contribution >= 4 is 34.7 Å². The summed E-state index contributed by atoms with van der Waals surface area (Å²) in [6.07, 6.45) is 0. The topological polar surface area (TPSA) is 76.1 Å². The summed E-state index contributed by atoms with van der Waals surface area (Å²) in [5.74, 6) is 0.722. The smallest absolute Gasteiger partial charge is 0.276 e. The minimum Gasteiger partial charge on any atom is -0.495 e. The number of hydrogen-bond acceptors (Lipinski definition) is 5. The molecule has 0 aliphatic heterocycles. The summed E-state index contributed by atoms with van der Waals surface area (Å²) in [5.41, 5.74) is 2.51. The number of ether oxygens (including phenoxy) is 1. The van der Waals surface area contributed by atoms with Crippen molar-refractivity contribution in [1.29, 1.82) is 0 Å². The average Bonchev–Trinajstić information content (AvgIpc) is 2.66. The lowest BCUT2D eigenvalue weighted by atomic mass is 10.2. The highest BCUT2D eigenvalue weighted by molar-refractivity contribution is 6.31. The van der Waals surface area contributed by atoms with E-state index in [0.717, 1.165) is 11.3 Å². The SMILES string of the molecule is COc1ccccc1NC(=O)c1ccc(Nc2cccc(Cl)c2C)nn1. The van der Waals surface area contributed by atoms with Gasteiger partial charge in [0.05, 0.1) is 12.8 Å². The molecule has 0 aliphatic carbocycles. The van der Waals surface area contributed by atoms with Crippen molar-refractivity contribution in [3.05, 3.63) is 70.9 Å². The van der Waals surface area contributed by atoms with E-state index in [4.69, 9.17) is 16.3 Å². The van der Waals surface area contributed by atoms with Gasteiger partial charge in [-0.1, -0.05) is 29.8 Å². The minimum absolute atomic E-state index is 0.198. The molecule has 3 rings (SSSR count). The van der Waals surface area contributed by atoms with E-state index in [2.05, 4.69) is 20.8 Å². The van der Waals surface area contributed by atoms with Gasteiger partial charge < -0.3 is 15.4 Å². The van der Waals surface area contributed by atoms with Crippen LogP contribution in [0.4, 0.5) is 17.2 Å². The number of carbonyl (C=O) groups excluding carboxylic acids is 1. The monoisotopic (exact) mass is 368 g/mol. The minimum atomic E-state index is -0.368. The number of hydrogen-bond donors (Lipinski definition) is 2. The fraction of sp³-hybridized carbons (Fsp3) is 0.105. The van der Waals surface area contributed by atoms with Crippen molar-refractivity contribution in [2.24, 2.45) is 0 Å². The molecule has 1 heterocycles. The number of carbonyl (C=O) groups is 1. The van der Waals surface area contributed by atoms with Crippen LogP contribution in [0.5, 0.6) is 5.75 Å². The van der Waals surface area contributed by atoms with Gasteiger partial charge in [-0.2, -0.15) is 0 Å². The quantitative estimate of drug-likeness (QED) is 0.696. The molecular weight excluding hydrogens is 352 g/mol. The van der Waals surface area contributed by atoms with Crippen LogP contribution in [-0.2, 0) is 0 Å². The van der Waals surface area contributed by atoms with E-state index in [1.807, 2.05) is 37.3 Å². The van der Waals surface area contributed by atoms with Gasteiger partial charge in [0.2, 0.25) is 0 Å². The van der Waals surface area contributed by atoms with Crippen molar-refractivity contribution in [3.63, 3.8) is 0 Å². The number of rotatable bonds is 5. The third-order valence-electron chi connectivity index (χ3n) is 3.78. The van der Waals surface area contributed by atoms with Crippen molar-refractivity contribution in [2.45, 2.75) is 6.92 Å². The first kappa shape index (κ1) is 17.7. The van der Waals surface area contributed by atoms with Gasteiger partial charge in [0.15, 0.2) is 11.5 Å². The summed E-state index contributed by atoms with van der Waals surface area (Å²) in [7, 11) is 1.54. The lowest BCUT2D eigenvalue weighted by Gasteiger charge is -2.11. The highest BCUT2D eigenvalue weighted by Gasteiger charge is 2.12. The van der Waals surface area contributed by atoms with Crippen molar-refractivity contribution in [1.82, 2.24) is 10.2 Å². The van der Waals surface area contributed by atoms with Crippen molar-refractivity contribution < 1.29 is 9.53 Å². The predicted octanol–water partition coefficient (Wildman–Crippen LogP) is 4.44. The summed E-state index contributed by atoms with van der Waals surface area (Å²) in [5, 5.41) is 14.6. The molecule has 0 unspecified atom stereocenters. The highest BCUT2D eigenvalue weighted by atomic mass is 35.5. The maximum Gasteiger partial charge on any atom is 0.276 e. The molecular formula is C19H17ClN4O2. The van der Waals surface area contributed by atoms with Gasteiger partial charge in [-0.05, 0) is 48.9 Å². The van der Waals surface area contributed by atoms with Gasteiger partial charge in [-0.25, -0.2) is 0 Å². The van der Waals surface area contributed by atoms with E-state index in [-0.39, 0.29) is 11.6 Å². The summed E-state index contributed by atoms with van der Waals surface area (Å²) < 4.78 is 5.22. The van der Waals surface area contributed by atoms with Crippen LogP contribution in [0.2, 0.25) is 5.02 Å². The molecule has 7 heteroatoms. The lowest BCUT2D eigenvalue weighted by Crippen LogP contribution is -2.15. The van der Waals surface area contributed by atoms with Crippen LogP contribution >= 0.6 is 11.6 Å². The van der Waals surface area contributed by atoms with E-state index in [0.29, 0.717) is 22.3 Å². The standard InChI is InChI=1S/C19H17ClN4O2/c1-12-13(20)6-5-8-14(12)21-18-11-10-16(23-24-18)19(25)22-15-7-3-4-9-17(15)26-2/h3-11H,1-2H3,(H,21,24)(H,22,25). The number of nitrogens with one attached hydrogen (secondary N) is 2. The number of anilines is 3. The highest BCUT2D eigenvalue weighted by Crippen LogP contribution is 2.26. The molecule has 0 fully saturated rings. The Morgan fingerprint density at radius 3 is 2.50 bits per heavy atom. The Bertz CT molecular complexity index is 929. The zero-order chi connectivity index (χ0) is 18.5. The summed E-state index contributed by atoms with van der Waals surface area (Å²) in [6, 6.07) is 16.0. The van der Waals surface area contributed by atoms with Crippen LogP contribution in [0.3, 0.4) is 0 Å². The van der Waals surface area contributed by atoms with Crippen LogP contribution < -0.4 is 15.4 Å². The molecule has 26 heavy (non-hydrogen) atoms. The number of halogens is 1. The second-order valence-electron chi connectivity index (χ2n) is 5.50. The summed E-state index contributed by atoms with van der Waals surface area (Å²) >= 11 is 6.11. The summed E-state index contributed by atoms with van der Waals surface area (Å²) in [6.45, 7) is 1.91. The van der Waals surface area contributed by atoms with Crippen LogP contribution in [0.25, 0.3) is 0 Å². The van der Waals surface area contributed by atoms with Gasteiger partial charge in [0, 0.05) is 10.7 Å². The van der Waals surface area contributed by atoms with Crippen molar-refractivity contribution in [2.75, 3.05) is 17.7 Å². The Balaban J connectivity index is 1.73. The number of benzene rings is 2. The van der Waals surface area contributed by atoms with E-state index in [1.165, 1.54) is 0 Å². The molecule has 0 spiro atoms. The molecule has 0 bridgehead atoms. The zero-order valence-corrected chi connectivity index (χ0v) is 15.0. The van der Waals surface area contributed by atoms with E-state index in [9.17, 15) is 4.79 Å².